The van der Waals surface area contributed by atoms with E-state index in [1.165, 1.54) is 0 Å². The number of aromatic nitrogens is 2. The third kappa shape index (κ3) is 3.52. The van der Waals surface area contributed by atoms with Crippen LogP contribution in [0.1, 0.15) is 12.7 Å². The molecule has 3 nitrogen and oxygen atoms in total. The van der Waals surface area contributed by atoms with Crippen LogP contribution in [-0.4, -0.2) is 9.97 Å². The molecule has 0 aliphatic rings. The number of hydrogen-bond donors (Lipinski definition) is 0. The van der Waals surface area contributed by atoms with Crippen LogP contribution in [0.15, 0.2) is 37.8 Å². The smallest absolute Gasteiger partial charge is 0.223 e. The first-order valence-corrected chi connectivity index (χ1v) is 7.62. The molecular weight excluding hydrogens is 428 g/mol. The maximum atomic E-state index is 5.74. The van der Waals surface area contributed by atoms with Crippen molar-refractivity contribution in [1.29, 1.82) is 0 Å². The first-order chi connectivity index (χ1) is 8.58. The molecule has 0 N–H and O–H groups in total. The molecule has 0 amide bonds. The summed E-state index contributed by atoms with van der Waals surface area (Å²) in [6.07, 6.45) is 0.761. The highest BCUT2D eigenvalue weighted by molar-refractivity contribution is 9.11. The Balaban J connectivity index is 2.30. The Morgan fingerprint density at radius 1 is 1.11 bits per heavy atom. The number of nitrogens with zero attached hydrogens (tertiary/aromatic N) is 2. The molecule has 0 atom stereocenters. The van der Waals surface area contributed by atoms with Gasteiger partial charge in [-0.3, -0.25) is 0 Å². The number of aryl methyl sites for hydroxylation is 1. The van der Waals surface area contributed by atoms with Crippen molar-refractivity contribution in [2.75, 3.05) is 0 Å². The van der Waals surface area contributed by atoms with E-state index >= 15 is 0 Å². The van der Waals surface area contributed by atoms with Crippen molar-refractivity contribution in [3.63, 3.8) is 0 Å². The highest BCUT2D eigenvalue weighted by Crippen LogP contribution is 2.31. The van der Waals surface area contributed by atoms with Crippen LogP contribution in [-0.2, 0) is 6.42 Å². The normalized spacial score (nSPS) is 10.4. The summed E-state index contributed by atoms with van der Waals surface area (Å²) >= 11 is 10.2. The Bertz CT molecular complexity index is 575. The zero-order valence-electron chi connectivity index (χ0n) is 9.45. The van der Waals surface area contributed by atoms with E-state index < -0.39 is 0 Å². The number of halogens is 3. The van der Waals surface area contributed by atoms with Crippen molar-refractivity contribution in [3.05, 3.63) is 43.6 Å². The fraction of sp³-hybridized carbons (Fsp3) is 0.167. The van der Waals surface area contributed by atoms with Gasteiger partial charge in [0.25, 0.3) is 0 Å². The van der Waals surface area contributed by atoms with E-state index in [2.05, 4.69) is 57.8 Å². The maximum Gasteiger partial charge on any atom is 0.223 e. The summed E-state index contributed by atoms with van der Waals surface area (Å²) in [6, 6.07) is 7.45. The maximum absolute atomic E-state index is 5.74. The molecular formula is C12H9Br3N2O. The van der Waals surface area contributed by atoms with Gasteiger partial charge in [0, 0.05) is 17.0 Å². The fourth-order valence-electron chi connectivity index (χ4n) is 1.32. The summed E-state index contributed by atoms with van der Waals surface area (Å²) in [5, 5.41) is 0. The van der Waals surface area contributed by atoms with Gasteiger partial charge in [-0.15, -0.1) is 0 Å². The Morgan fingerprint density at radius 2 is 1.89 bits per heavy atom. The first kappa shape index (κ1) is 14.0. The van der Waals surface area contributed by atoms with Gasteiger partial charge >= 0.3 is 0 Å². The molecule has 0 saturated heterocycles. The van der Waals surface area contributed by atoms with Gasteiger partial charge in [0.15, 0.2) is 0 Å². The van der Waals surface area contributed by atoms with Gasteiger partial charge in [-0.1, -0.05) is 22.9 Å². The SMILES string of the molecule is CCc1nc(Br)cc(Oc2ccc(Br)cc2Br)n1. The van der Waals surface area contributed by atoms with Gasteiger partial charge < -0.3 is 4.74 Å². The van der Waals surface area contributed by atoms with E-state index in [-0.39, 0.29) is 0 Å². The molecule has 0 bridgehead atoms. The van der Waals surface area contributed by atoms with Crippen molar-refractivity contribution in [1.82, 2.24) is 9.97 Å². The topological polar surface area (TPSA) is 35.0 Å². The zero-order valence-corrected chi connectivity index (χ0v) is 14.2. The van der Waals surface area contributed by atoms with Gasteiger partial charge in [-0.05, 0) is 50.1 Å². The second kappa shape index (κ2) is 6.12. The molecule has 0 aliphatic heterocycles. The van der Waals surface area contributed by atoms with Gasteiger partial charge in [-0.25, -0.2) is 4.98 Å². The van der Waals surface area contributed by atoms with Crippen LogP contribution in [0.25, 0.3) is 0 Å². The molecule has 0 radical (unpaired) electrons. The van der Waals surface area contributed by atoms with Crippen LogP contribution < -0.4 is 4.74 Å². The van der Waals surface area contributed by atoms with Crippen LogP contribution in [0.5, 0.6) is 11.6 Å². The molecule has 0 unspecified atom stereocenters. The van der Waals surface area contributed by atoms with Gasteiger partial charge in [0.1, 0.15) is 16.2 Å². The highest BCUT2D eigenvalue weighted by atomic mass is 79.9. The van der Waals surface area contributed by atoms with Crippen LogP contribution in [0.2, 0.25) is 0 Å². The summed E-state index contributed by atoms with van der Waals surface area (Å²) in [6.45, 7) is 2.00. The standard InChI is InChI=1S/C12H9Br3N2O/c1-2-11-16-10(15)6-12(17-11)18-9-4-3-7(13)5-8(9)14/h3-6H,2H2,1H3. The lowest BCUT2D eigenvalue weighted by molar-refractivity contribution is 0.455. The van der Waals surface area contributed by atoms with E-state index in [1.54, 1.807) is 6.07 Å². The first-order valence-electron chi connectivity index (χ1n) is 5.25. The van der Waals surface area contributed by atoms with Crippen LogP contribution >= 0.6 is 47.8 Å². The summed E-state index contributed by atoms with van der Waals surface area (Å²) < 4.78 is 8.31. The molecule has 1 aromatic heterocycles. The van der Waals surface area contributed by atoms with Crippen LogP contribution in [0.3, 0.4) is 0 Å². The predicted molar refractivity (Wildman–Crippen MR) is 81.0 cm³/mol. The van der Waals surface area contributed by atoms with Crippen molar-refractivity contribution in [2.24, 2.45) is 0 Å². The summed E-state index contributed by atoms with van der Waals surface area (Å²) in [5.74, 6) is 1.98. The van der Waals surface area contributed by atoms with E-state index in [9.17, 15) is 0 Å². The van der Waals surface area contributed by atoms with Crippen LogP contribution in [0, 0.1) is 0 Å². The third-order valence-corrected chi connectivity index (χ3v) is 3.66. The minimum absolute atomic E-state index is 0.525. The minimum atomic E-state index is 0.525. The van der Waals surface area contributed by atoms with Crippen LogP contribution in [0.4, 0.5) is 0 Å². The van der Waals surface area contributed by atoms with Crippen molar-refractivity contribution < 1.29 is 4.74 Å². The number of ether oxygens (including phenoxy) is 1. The number of benzene rings is 1. The average Bonchev–Trinajstić information content (AvgIpc) is 2.32. The van der Waals surface area contributed by atoms with Gasteiger partial charge in [0.05, 0.1) is 4.47 Å². The molecule has 2 rings (SSSR count). The minimum Gasteiger partial charge on any atom is -0.438 e. The third-order valence-electron chi connectivity index (χ3n) is 2.14. The second-order valence-electron chi connectivity index (χ2n) is 3.48. The Kier molecular flexibility index (Phi) is 4.75. The quantitative estimate of drug-likeness (QED) is 0.626. The molecule has 0 fully saturated rings. The van der Waals surface area contributed by atoms with Gasteiger partial charge in [0.2, 0.25) is 5.88 Å². The molecule has 1 aromatic carbocycles. The molecule has 2 aromatic rings. The second-order valence-corrected chi connectivity index (χ2v) is 6.06. The molecule has 94 valence electrons. The lowest BCUT2D eigenvalue weighted by atomic mass is 10.3. The zero-order chi connectivity index (χ0) is 13.1. The molecule has 1 heterocycles. The number of rotatable bonds is 3. The molecule has 6 heteroatoms. The fourth-order valence-corrected chi connectivity index (χ4v) is 2.85. The molecule has 0 aliphatic carbocycles. The van der Waals surface area contributed by atoms with Crippen molar-refractivity contribution in [3.8, 4) is 11.6 Å². The predicted octanol–water partition coefficient (Wildman–Crippen LogP) is 5.12. The van der Waals surface area contributed by atoms with E-state index in [1.807, 2.05) is 25.1 Å². The lowest BCUT2D eigenvalue weighted by Gasteiger charge is -2.08. The molecule has 18 heavy (non-hydrogen) atoms. The lowest BCUT2D eigenvalue weighted by Crippen LogP contribution is -1.96. The Hall–Kier alpha value is -0.460. The monoisotopic (exact) mass is 434 g/mol. The Labute approximate surface area is 130 Å². The highest BCUT2D eigenvalue weighted by Gasteiger charge is 2.07. The van der Waals surface area contributed by atoms with E-state index in [0.29, 0.717) is 11.6 Å². The van der Waals surface area contributed by atoms with Crippen molar-refractivity contribution >= 4 is 47.8 Å². The van der Waals surface area contributed by atoms with Gasteiger partial charge in [-0.2, -0.15) is 4.98 Å². The van der Waals surface area contributed by atoms with E-state index in [0.717, 1.165) is 25.8 Å². The molecule has 0 saturated carbocycles. The van der Waals surface area contributed by atoms with E-state index in [4.69, 9.17) is 4.74 Å². The summed E-state index contributed by atoms with van der Waals surface area (Å²) in [7, 11) is 0. The average molecular weight is 437 g/mol. The number of hydrogen-bond acceptors (Lipinski definition) is 3. The largest absolute Gasteiger partial charge is 0.438 e. The summed E-state index contributed by atoms with van der Waals surface area (Å²) in [4.78, 5) is 8.55. The Morgan fingerprint density at radius 3 is 2.56 bits per heavy atom. The van der Waals surface area contributed by atoms with Crippen molar-refractivity contribution in [2.45, 2.75) is 13.3 Å². The summed E-state index contributed by atoms with van der Waals surface area (Å²) in [5.41, 5.74) is 0. The molecule has 0 spiro atoms.